The Labute approximate surface area is 190 Å². The summed E-state index contributed by atoms with van der Waals surface area (Å²) in [4.78, 5) is 22.1. The van der Waals surface area contributed by atoms with Crippen molar-refractivity contribution in [1.29, 1.82) is 5.26 Å². The molecule has 0 bridgehead atoms. The predicted molar refractivity (Wildman–Crippen MR) is 125 cm³/mol. The second kappa shape index (κ2) is 8.29. The highest BCUT2D eigenvalue weighted by Crippen LogP contribution is 2.46. The van der Waals surface area contributed by atoms with Crippen LogP contribution in [0.25, 0.3) is 0 Å². The molecule has 0 spiro atoms. The fraction of sp³-hybridized carbons (Fsp3) is 0.708. The Kier molecular flexibility index (Phi) is 5.99. The van der Waals surface area contributed by atoms with Crippen LogP contribution in [0, 0.1) is 11.3 Å². The second-order valence-electron chi connectivity index (χ2n) is 10.3. The van der Waals surface area contributed by atoms with Crippen molar-refractivity contribution < 1.29 is 9.53 Å². The minimum absolute atomic E-state index is 0.218. The maximum Gasteiger partial charge on any atom is 0.223 e. The van der Waals surface area contributed by atoms with Crippen LogP contribution >= 0.6 is 11.8 Å². The first-order chi connectivity index (χ1) is 14.7. The average molecular weight is 443 g/mol. The van der Waals surface area contributed by atoms with E-state index in [0.717, 1.165) is 47.7 Å². The van der Waals surface area contributed by atoms with Gasteiger partial charge in [0.05, 0.1) is 29.0 Å². The number of nitriles is 1. The highest BCUT2D eigenvalue weighted by atomic mass is 32.2. The number of piperazine rings is 1. The van der Waals surface area contributed by atoms with Gasteiger partial charge in [0.25, 0.3) is 0 Å². The van der Waals surface area contributed by atoms with E-state index >= 15 is 0 Å². The number of thioether (sulfide) groups is 1. The number of ether oxygens (including phenoxy) is 1. The molecule has 1 amide bonds. The van der Waals surface area contributed by atoms with Crippen LogP contribution < -0.4 is 4.90 Å². The van der Waals surface area contributed by atoms with Crippen molar-refractivity contribution in [3.8, 4) is 6.07 Å². The van der Waals surface area contributed by atoms with Crippen LogP contribution in [0.2, 0.25) is 0 Å². The maximum absolute atomic E-state index is 12.8. The molecule has 7 heteroatoms. The number of nitrogens with zero attached hydrogens (tertiary/aromatic N) is 4. The van der Waals surface area contributed by atoms with Crippen LogP contribution in [0.1, 0.15) is 75.3 Å². The topological polar surface area (TPSA) is 69.5 Å². The molecule has 0 aromatic carbocycles. The van der Waals surface area contributed by atoms with E-state index < -0.39 is 0 Å². The Morgan fingerprint density at radius 1 is 1.26 bits per heavy atom. The largest absolute Gasteiger partial charge is 0.370 e. The molecule has 3 aliphatic rings. The first-order valence-corrected chi connectivity index (χ1v) is 12.7. The molecule has 168 valence electrons. The van der Waals surface area contributed by atoms with Crippen molar-refractivity contribution in [2.24, 2.45) is 0 Å². The van der Waals surface area contributed by atoms with Crippen LogP contribution in [0.4, 0.5) is 5.82 Å². The first-order valence-electron chi connectivity index (χ1n) is 11.3. The normalized spacial score (nSPS) is 22.1. The SMILES string of the molecule is CSCCC(=O)N1CCN(c2nc(C3CC3)c3c(c2C#N)CC(C)(C)OC3)CC1(C)C. The number of pyridine rings is 1. The van der Waals surface area contributed by atoms with Crippen molar-refractivity contribution in [3.63, 3.8) is 0 Å². The van der Waals surface area contributed by atoms with Crippen LogP contribution in [0.3, 0.4) is 0 Å². The van der Waals surface area contributed by atoms with Crippen LogP contribution in [-0.4, -0.2) is 58.6 Å². The van der Waals surface area contributed by atoms with E-state index in [1.54, 1.807) is 11.8 Å². The van der Waals surface area contributed by atoms with Gasteiger partial charge in [0.2, 0.25) is 5.91 Å². The van der Waals surface area contributed by atoms with E-state index in [0.29, 0.717) is 44.1 Å². The summed E-state index contributed by atoms with van der Waals surface area (Å²) in [5, 5.41) is 10.2. The molecule has 1 aromatic rings. The summed E-state index contributed by atoms with van der Waals surface area (Å²) in [6.45, 7) is 11.0. The van der Waals surface area contributed by atoms with Gasteiger partial charge in [-0.2, -0.15) is 17.0 Å². The van der Waals surface area contributed by atoms with Crippen molar-refractivity contribution in [2.75, 3.05) is 36.5 Å². The third kappa shape index (κ3) is 4.42. The Bertz CT molecular complexity index is 917. The summed E-state index contributed by atoms with van der Waals surface area (Å²) in [6.07, 6.45) is 5.67. The van der Waals surface area contributed by atoms with Gasteiger partial charge in [-0.1, -0.05) is 0 Å². The molecule has 0 atom stereocenters. The lowest BCUT2D eigenvalue weighted by molar-refractivity contribution is -0.136. The van der Waals surface area contributed by atoms with E-state index in [4.69, 9.17) is 9.72 Å². The lowest BCUT2D eigenvalue weighted by Gasteiger charge is -2.48. The molecule has 2 aliphatic heterocycles. The minimum Gasteiger partial charge on any atom is -0.370 e. The smallest absolute Gasteiger partial charge is 0.223 e. The zero-order valence-corrected chi connectivity index (χ0v) is 20.3. The number of fused-ring (bicyclic) bond motifs is 1. The molecule has 1 saturated carbocycles. The summed E-state index contributed by atoms with van der Waals surface area (Å²) < 4.78 is 6.09. The van der Waals surface area contributed by atoms with Crippen molar-refractivity contribution in [1.82, 2.24) is 9.88 Å². The Morgan fingerprint density at radius 2 is 2.00 bits per heavy atom. The number of aromatic nitrogens is 1. The van der Waals surface area contributed by atoms with Crippen LogP contribution in [0.15, 0.2) is 0 Å². The number of hydrogen-bond donors (Lipinski definition) is 0. The molecule has 0 radical (unpaired) electrons. The monoisotopic (exact) mass is 442 g/mol. The quantitative estimate of drug-likeness (QED) is 0.690. The standard InChI is InChI=1S/C24H34N4O2S/c1-23(2)15-27(9-10-28(23)20(29)8-11-31-5)22-18(13-25)17-12-24(3,4)30-14-19(17)21(26-22)16-6-7-16/h16H,6-12,14-15H2,1-5H3. The van der Waals surface area contributed by atoms with Gasteiger partial charge in [-0.05, 0) is 52.4 Å². The molecule has 1 aromatic heterocycles. The highest BCUT2D eigenvalue weighted by Gasteiger charge is 2.41. The number of amides is 1. The molecule has 3 heterocycles. The molecular formula is C24H34N4O2S. The number of carbonyl (C=O) groups excluding carboxylic acids is 1. The zero-order valence-electron chi connectivity index (χ0n) is 19.5. The van der Waals surface area contributed by atoms with Gasteiger partial charge in [0.1, 0.15) is 11.9 Å². The average Bonchev–Trinajstić information content (AvgIpc) is 3.54. The van der Waals surface area contributed by atoms with Gasteiger partial charge in [-0.15, -0.1) is 0 Å². The van der Waals surface area contributed by atoms with Gasteiger partial charge >= 0.3 is 0 Å². The number of anilines is 1. The Balaban J connectivity index is 1.68. The van der Waals surface area contributed by atoms with E-state index in [1.165, 1.54) is 0 Å². The van der Waals surface area contributed by atoms with Crippen molar-refractivity contribution in [2.45, 2.75) is 77.0 Å². The highest BCUT2D eigenvalue weighted by molar-refractivity contribution is 7.98. The Morgan fingerprint density at radius 3 is 2.61 bits per heavy atom. The lowest BCUT2D eigenvalue weighted by Crippen LogP contribution is -2.61. The van der Waals surface area contributed by atoms with Gasteiger partial charge in [0.15, 0.2) is 0 Å². The molecule has 2 fully saturated rings. The van der Waals surface area contributed by atoms with E-state index in [1.807, 2.05) is 11.2 Å². The number of rotatable bonds is 5. The van der Waals surface area contributed by atoms with E-state index in [-0.39, 0.29) is 17.0 Å². The molecular weight excluding hydrogens is 408 g/mol. The summed E-state index contributed by atoms with van der Waals surface area (Å²) in [5.74, 6) is 2.37. The predicted octanol–water partition coefficient (Wildman–Crippen LogP) is 3.86. The van der Waals surface area contributed by atoms with Gasteiger partial charge in [0, 0.05) is 49.7 Å². The summed E-state index contributed by atoms with van der Waals surface area (Å²) in [7, 11) is 0. The molecule has 1 aliphatic carbocycles. The molecule has 4 rings (SSSR count). The second-order valence-corrected chi connectivity index (χ2v) is 11.3. The van der Waals surface area contributed by atoms with Crippen molar-refractivity contribution >= 4 is 23.5 Å². The Hall–Kier alpha value is -1.78. The molecule has 0 N–H and O–H groups in total. The van der Waals surface area contributed by atoms with Crippen molar-refractivity contribution in [3.05, 3.63) is 22.4 Å². The van der Waals surface area contributed by atoms with Crippen LogP contribution in [0.5, 0.6) is 0 Å². The molecule has 0 unspecified atom stereocenters. The van der Waals surface area contributed by atoms with Gasteiger partial charge in [-0.25, -0.2) is 4.98 Å². The molecule has 1 saturated heterocycles. The minimum atomic E-state index is -0.305. The number of carbonyl (C=O) groups is 1. The van der Waals surface area contributed by atoms with E-state index in [2.05, 4.69) is 38.7 Å². The summed E-state index contributed by atoms with van der Waals surface area (Å²) in [5.41, 5.74) is 3.53. The first kappa shape index (κ1) is 22.4. The fourth-order valence-electron chi connectivity index (χ4n) is 4.94. The molecule has 6 nitrogen and oxygen atoms in total. The molecule has 31 heavy (non-hydrogen) atoms. The summed E-state index contributed by atoms with van der Waals surface area (Å²) >= 11 is 1.71. The number of hydrogen-bond acceptors (Lipinski definition) is 6. The third-order valence-electron chi connectivity index (χ3n) is 6.73. The van der Waals surface area contributed by atoms with E-state index in [9.17, 15) is 10.1 Å². The maximum atomic E-state index is 12.8. The van der Waals surface area contributed by atoms with Gasteiger partial charge in [-0.3, -0.25) is 4.79 Å². The van der Waals surface area contributed by atoms with Gasteiger partial charge < -0.3 is 14.5 Å². The zero-order chi connectivity index (χ0) is 22.4. The lowest BCUT2D eigenvalue weighted by atomic mass is 9.87. The third-order valence-corrected chi connectivity index (χ3v) is 7.35. The van der Waals surface area contributed by atoms with Crippen LogP contribution in [-0.2, 0) is 22.6 Å². The fourth-order valence-corrected chi connectivity index (χ4v) is 5.32. The summed E-state index contributed by atoms with van der Waals surface area (Å²) in [6, 6.07) is 2.49.